The first-order chi connectivity index (χ1) is 40.2. The Kier molecular flexibility index (Phi) is 39.5. The average molecular weight is 1170 g/mol. The number of ether oxygens (including phenoxy) is 6. The molecule has 15 nitrogen and oxygen atoms in total. The van der Waals surface area contributed by atoms with Crippen LogP contribution in [0, 0.1) is 24.7 Å². The van der Waals surface area contributed by atoms with Crippen LogP contribution in [0.4, 0.5) is 0 Å². The Labute approximate surface area is 505 Å². The summed E-state index contributed by atoms with van der Waals surface area (Å²) in [5, 5.41) is 0. The van der Waals surface area contributed by atoms with Crippen LogP contribution >= 0.6 is 0 Å². The molecule has 5 aromatic rings. The summed E-state index contributed by atoms with van der Waals surface area (Å²) in [6, 6.07) is 32.3. The van der Waals surface area contributed by atoms with E-state index in [2.05, 4.69) is 6.92 Å². The fourth-order valence-corrected chi connectivity index (χ4v) is 7.75. The SMILES string of the molecule is CC(=O)C1CCC(C(C)=O)CC1.CC(=O)c1cc(C(C)=O)cc(C(C)=O)c1.CC(=O)c1ccc(C(C)=O)cc1.COCCC(C)COC.COc1ccc(/C=C/C(C)=O)cc1.COc1ccc(C)cc1OC.COc1ccc(CCC(C)=O)cc1. The molecule has 1 aliphatic rings. The maximum absolute atomic E-state index is 11.2. The molecule has 0 aliphatic heterocycles. The van der Waals surface area contributed by atoms with Crippen LogP contribution in [-0.2, 0) is 35.1 Å². The lowest BCUT2D eigenvalue weighted by Crippen LogP contribution is -2.23. The highest BCUT2D eigenvalue weighted by molar-refractivity contribution is 6.04. The minimum Gasteiger partial charge on any atom is -0.497 e. The van der Waals surface area contributed by atoms with E-state index in [0.717, 1.165) is 80.3 Å². The number of carbonyl (C=O) groups excluding carboxylic acids is 9. The number of rotatable bonds is 21. The largest absolute Gasteiger partial charge is 0.497 e. The quantitative estimate of drug-likeness (QED) is 0.0494. The van der Waals surface area contributed by atoms with Gasteiger partial charge < -0.3 is 33.2 Å². The Bertz CT molecular complexity index is 2760. The molecule has 6 rings (SSSR count). The number of Topliss-reactive ketones (excluding diaryl/α,β-unsaturated/α-hetero) is 8. The van der Waals surface area contributed by atoms with Gasteiger partial charge in [-0.2, -0.15) is 0 Å². The molecule has 0 amide bonds. The van der Waals surface area contributed by atoms with Crippen LogP contribution in [0.2, 0.25) is 0 Å². The summed E-state index contributed by atoms with van der Waals surface area (Å²) in [7, 11) is 9.98. The van der Waals surface area contributed by atoms with Gasteiger partial charge in [0, 0.05) is 73.5 Å². The summed E-state index contributed by atoms with van der Waals surface area (Å²) in [5.41, 5.74) is 5.81. The highest BCUT2D eigenvalue weighted by Crippen LogP contribution is 2.30. The van der Waals surface area contributed by atoms with Crippen molar-refractivity contribution in [3.63, 3.8) is 0 Å². The molecular formula is C70H92O15. The zero-order chi connectivity index (χ0) is 64.6. The topological polar surface area (TPSA) is 209 Å². The van der Waals surface area contributed by atoms with Crippen molar-refractivity contribution < 1.29 is 71.6 Å². The fourth-order valence-electron chi connectivity index (χ4n) is 7.75. The van der Waals surface area contributed by atoms with Crippen LogP contribution in [0.5, 0.6) is 23.0 Å². The maximum Gasteiger partial charge on any atom is 0.160 e. The number of hydrogen-bond acceptors (Lipinski definition) is 15. The van der Waals surface area contributed by atoms with Gasteiger partial charge >= 0.3 is 0 Å². The third kappa shape index (κ3) is 34.4. The predicted octanol–water partition coefficient (Wildman–Crippen LogP) is 14.2. The van der Waals surface area contributed by atoms with Gasteiger partial charge in [0.2, 0.25) is 0 Å². The number of carbonyl (C=O) groups is 9. The number of hydrogen-bond donors (Lipinski definition) is 0. The highest BCUT2D eigenvalue weighted by atomic mass is 16.5. The number of ketones is 9. The first-order valence-electron chi connectivity index (χ1n) is 28.1. The molecule has 15 heteroatoms. The number of benzene rings is 5. The van der Waals surface area contributed by atoms with E-state index in [9.17, 15) is 43.2 Å². The van der Waals surface area contributed by atoms with Crippen LogP contribution in [0.1, 0.15) is 176 Å². The average Bonchev–Trinajstić information content (AvgIpc) is 3.55. The molecule has 1 fully saturated rings. The van der Waals surface area contributed by atoms with Crippen LogP contribution in [0.15, 0.2) is 115 Å². The summed E-state index contributed by atoms with van der Waals surface area (Å²) < 4.78 is 30.0. The Morgan fingerprint density at radius 3 is 1.19 bits per heavy atom. The van der Waals surface area contributed by atoms with E-state index in [4.69, 9.17) is 28.4 Å². The van der Waals surface area contributed by atoms with Crippen molar-refractivity contribution in [2.75, 3.05) is 55.9 Å². The predicted molar refractivity (Wildman–Crippen MR) is 336 cm³/mol. The van der Waals surface area contributed by atoms with Crippen molar-refractivity contribution in [2.24, 2.45) is 17.8 Å². The zero-order valence-corrected chi connectivity index (χ0v) is 53.3. The standard InChI is InChI=1S/C12H12O3.C11H14O2.C11H12O2.C10H16O2.C10H10O2.C9H12O2.C7H16O2/c1-7(13)10-4-11(8(2)14)6-12(5-10)9(3)15;2*1-9(12)3-4-10-5-7-11(13-2)8-6-10;2*1-7(11)9-3-5-10(6-4-9)8(2)12;1-7-4-5-8(10-2)9(6-7)11-3;1-7(6-9-3)4-5-8-2/h4-6H,1-3H3;5-8H,3-4H2,1-2H3;3-8H,1-2H3;9-10H,3-6H2,1-2H3;3-6H,1-2H3;4-6H,1-3H3;7H,4-6H2,1-3H3/b;;4-3+;;;;. The molecule has 85 heavy (non-hydrogen) atoms. The molecule has 5 aromatic carbocycles. The summed E-state index contributed by atoms with van der Waals surface area (Å²) in [5.74, 6) is 4.77. The number of allylic oxidation sites excluding steroid dienone is 1. The second-order valence-electron chi connectivity index (χ2n) is 20.4. The zero-order valence-electron chi connectivity index (χ0n) is 53.3. The third-order valence-corrected chi connectivity index (χ3v) is 13.1. The van der Waals surface area contributed by atoms with Gasteiger partial charge in [0.15, 0.2) is 46.2 Å². The molecule has 0 radical (unpaired) electrons. The molecule has 0 spiro atoms. The highest BCUT2D eigenvalue weighted by Gasteiger charge is 2.26. The molecule has 1 atom stereocenters. The van der Waals surface area contributed by atoms with E-state index in [1.165, 1.54) is 70.9 Å². The number of aryl methyl sites for hydroxylation is 2. The van der Waals surface area contributed by atoms with Crippen molar-refractivity contribution >= 4 is 58.1 Å². The van der Waals surface area contributed by atoms with Gasteiger partial charge in [-0.25, -0.2) is 0 Å². The van der Waals surface area contributed by atoms with E-state index in [1.54, 1.807) is 99.8 Å². The van der Waals surface area contributed by atoms with Crippen molar-refractivity contribution in [3.05, 3.63) is 160 Å². The first-order valence-corrected chi connectivity index (χ1v) is 28.1. The van der Waals surface area contributed by atoms with Gasteiger partial charge in [-0.1, -0.05) is 67.6 Å². The monoisotopic (exact) mass is 1170 g/mol. The van der Waals surface area contributed by atoms with Crippen molar-refractivity contribution in [1.29, 1.82) is 0 Å². The van der Waals surface area contributed by atoms with E-state index < -0.39 is 0 Å². The van der Waals surface area contributed by atoms with Crippen LogP contribution in [0.25, 0.3) is 6.08 Å². The maximum atomic E-state index is 11.2. The van der Waals surface area contributed by atoms with Gasteiger partial charge in [-0.3, -0.25) is 38.4 Å². The summed E-state index contributed by atoms with van der Waals surface area (Å²) >= 11 is 0. The molecule has 1 aliphatic carbocycles. The minimum atomic E-state index is -0.152. The lowest BCUT2D eigenvalue weighted by atomic mass is 9.79. The van der Waals surface area contributed by atoms with E-state index in [0.29, 0.717) is 40.2 Å². The number of methoxy groups -OCH3 is 6. The molecule has 0 heterocycles. The van der Waals surface area contributed by atoms with E-state index in [1.807, 2.05) is 73.7 Å². The molecule has 0 saturated heterocycles. The second-order valence-corrected chi connectivity index (χ2v) is 20.4. The molecule has 1 saturated carbocycles. The van der Waals surface area contributed by atoms with Crippen LogP contribution < -0.4 is 18.9 Å². The Hall–Kier alpha value is -8.01. The lowest BCUT2D eigenvalue weighted by molar-refractivity contribution is -0.126. The molecule has 462 valence electrons. The third-order valence-electron chi connectivity index (χ3n) is 13.1. The molecule has 0 N–H and O–H groups in total. The van der Waals surface area contributed by atoms with Gasteiger partial charge in [-0.05, 0) is 191 Å². The van der Waals surface area contributed by atoms with Gasteiger partial charge in [0.1, 0.15) is 28.8 Å². The smallest absolute Gasteiger partial charge is 0.160 e. The normalized spacial score (nSPS) is 13.0. The molecular weight excluding hydrogens is 1080 g/mol. The molecule has 0 bridgehead atoms. The summed E-state index contributed by atoms with van der Waals surface area (Å²) in [6.07, 6.45) is 9.51. The second kappa shape index (κ2) is 43.6. The Morgan fingerprint density at radius 2 is 0.871 bits per heavy atom. The van der Waals surface area contributed by atoms with Crippen molar-refractivity contribution in [3.8, 4) is 23.0 Å². The fraction of sp³-hybridized carbons (Fsp3) is 0.414. The first kappa shape index (κ1) is 77.0. The van der Waals surface area contributed by atoms with Gasteiger partial charge in [0.05, 0.1) is 28.4 Å². The summed E-state index contributed by atoms with van der Waals surface area (Å²) in [6.45, 7) is 19.5. The van der Waals surface area contributed by atoms with E-state index in [-0.39, 0.29) is 63.9 Å². The van der Waals surface area contributed by atoms with Crippen molar-refractivity contribution in [1.82, 2.24) is 0 Å². The van der Waals surface area contributed by atoms with Crippen molar-refractivity contribution in [2.45, 2.75) is 121 Å². The van der Waals surface area contributed by atoms with Crippen LogP contribution in [0.3, 0.4) is 0 Å². The lowest BCUT2D eigenvalue weighted by Gasteiger charge is -2.24. The minimum absolute atomic E-state index is 0.0186. The van der Waals surface area contributed by atoms with Crippen LogP contribution in [-0.4, -0.2) is 108 Å². The summed E-state index contributed by atoms with van der Waals surface area (Å²) in [4.78, 5) is 98.5. The Balaban J connectivity index is 0.000000973. The van der Waals surface area contributed by atoms with Gasteiger partial charge in [-0.15, -0.1) is 0 Å². The van der Waals surface area contributed by atoms with Gasteiger partial charge in [0.25, 0.3) is 0 Å². The molecule has 1 unspecified atom stereocenters. The molecule has 0 aromatic heterocycles. The Morgan fingerprint density at radius 1 is 0.471 bits per heavy atom. The van der Waals surface area contributed by atoms with E-state index >= 15 is 0 Å².